The van der Waals surface area contributed by atoms with Crippen molar-refractivity contribution in [2.75, 3.05) is 0 Å². The lowest BCUT2D eigenvalue weighted by molar-refractivity contribution is -0.140. The monoisotopic (exact) mass is 263 g/mol. The maximum absolute atomic E-state index is 12.7. The summed E-state index contributed by atoms with van der Waals surface area (Å²) < 4.78 is 49.0. The smallest absolute Gasteiger partial charge is 0.366 e. The van der Waals surface area contributed by atoms with Gasteiger partial charge in [-0.15, -0.1) is 0 Å². The van der Waals surface area contributed by atoms with Gasteiger partial charge in [-0.25, -0.2) is 4.39 Å². The minimum absolute atomic E-state index is 0.376. The molecule has 0 saturated carbocycles. The number of hydrogen-bond donors (Lipinski definition) is 1. The molecule has 0 aromatic heterocycles. The third kappa shape index (κ3) is 4.99. The predicted molar refractivity (Wildman–Crippen MR) is 60.4 cm³/mol. The minimum Gasteiger partial charge on any atom is -0.366 e. The number of alkyl halides is 3. The highest BCUT2D eigenvalue weighted by Gasteiger charge is 2.34. The number of benzene rings is 1. The van der Waals surface area contributed by atoms with E-state index in [9.17, 15) is 22.4 Å². The molecule has 18 heavy (non-hydrogen) atoms. The number of amides is 1. The van der Waals surface area contributed by atoms with Gasteiger partial charge in [0.2, 0.25) is 5.91 Å². The molecule has 0 aliphatic heterocycles. The van der Waals surface area contributed by atoms with Gasteiger partial charge in [0, 0.05) is 5.56 Å². The normalized spacial score (nSPS) is 11.0. The Balaban J connectivity index is 0.000000631. The predicted octanol–water partition coefficient (Wildman–Crippen LogP) is 3.53. The maximum Gasteiger partial charge on any atom is 0.419 e. The van der Waals surface area contributed by atoms with Crippen LogP contribution in [0.2, 0.25) is 0 Å². The number of nitrogens with two attached hydrogens (primary N) is 1. The quantitative estimate of drug-likeness (QED) is 0.611. The number of halogens is 4. The summed E-state index contributed by atoms with van der Waals surface area (Å²) >= 11 is 0. The van der Waals surface area contributed by atoms with E-state index in [1.165, 1.54) is 0 Å². The highest BCUT2D eigenvalue weighted by Crippen LogP contribution is 2.31. The number of carbonyl (C=O) groups is 1. The number of hydrogen-bond acceptors (Lipinski definition) is 1. The lowest BCUT2D eigenvalue weighted by atomic mass is 10.1. The topological polar surface area (TPSA) is 43.1 Å². The summed E-state index contributed by atoms with van der Waals surface area (Å²) in [7, 11) is 0. The zero-order valence-electron chi connectivity index (χ0n) is 9.88. The number of rotatable bonds is 1. The number of allylic oxidation sites excluding steroid dienone is 2. The first-order chi connectivity index (χ1) is 8.23. The Morgan fingerprint density at radius 2 is 1.72 bits per heavy atom. The number of primary amides is 1. The van der Waals surface area contributed by atoms with Gasteiger partial charge in [-0.05, 0) is 32.0 Å². The molecule has 1 aromatic rings. The molecule has 0 atom stereocenters. The molecule has 100 valence electrons. The third-order valence-electron chi connectivity index (χ3n) is 1.89. The summed E-state index contributed by atoms with van der Waals surface area (Å²) in [6.07, 6.45) is -0.824. The molecule has 6 heteroatoms. The van der Waals surface area contributed by atoms with Gasteiger partial charge in [-0.3, -0.25) is 4.79 Å². The van der Waals surface area contributed by atoms with E-state index in [2.05, 4.69) is 0 Å². The molecule has 0 aliphatic carbocycles. The molecule has 2 nitrogen and oxygen atoms in total. The summed E-state index contributed by atoms with van der Waals surface area (Å²) in [6, 6.07) is 1.84. The van der Waals surface area contributed by atoms with Gasteiger partial charge in [0.05, 0.1) is 5.56 Å². The molecule has 1 aromatic carbocycles. The average molecular weight is 263 g/mol. The Morgan fingerprint density at radius 3 is 2.06 bits per heavy atom. The molecule has 0 fully saturated rings. The van der Waals surface area contributed by atoms with Crippen LogP contribution in [-0.4, -0.2) is 5.91 Å². The highest BCUT2D eigenvalue weighted by atomic mass is 19.4. The van der Waals surface area contributed by atoms with Crippen LogP contribution in [0.3, 0.4) is 0 Å². The van der Waals surface area contributed by atoms with Gasteiger partial charge in [0.25, 0.3) is 0 Å². The largest absolute Gasteiger partial charge is 0.419 e. The molecule has 0 radical (unpaired) electrons. The van der Waals surface area contributed by atoms with Crippen molar-refractivity contribution in [2.45, 2.75) is 20.0 Å². The van der Waals surface area contributed by atoms with E-state index >= 15 is 0 Å². The second-order valence-electron chi connectivity index (χ2n) is 3.22. The van der Waals surface area contributed by atoms with E-state index in [1.807, 2.05) is 26.0 Å². The molecule has 0 heterocycles. The summed E-state index contributed by atoms with van der Waals surface area (Å²) in [5.74, 6) is -2.46. The van der Waals surface area contributed by atoms with E-state index in [4.69, 9.17) is 5.73 Å². The summed E-state index contributed by atoms with van der Waals surface area (Å²) in [6.45, 7) is 4.00. The first-order valence-corrected chi connectivity index (χ1v) is 4.97. The summed E-state index contributed by atoms with van der Waals surface area (Å²) in [5.41, 5.74) is 2.88. The van der Waals surface area contributed by atoms with Crippen LogP contribution in [0.15, 0.2) is 30.4 Å². The minimum atomic E-state index is -4.82. The molecule has 1 amide bonds. The molecule has 0 aliphatic rings. The fraction of sp³-hybridized carbons (Fsp3) is 0.250. The van der Waals surface area contributed by atoms with Gasteiger partial charge in [0.15, 0.2) is 0 Å². The van der Waals surface area contributed by atoms with Crippen LogP contribution >= 0.6 is 0 Å². The average Bonchev–Trinajstić information content (AvgIpc) is 2.28. The van der Waals surface area contributed by atoms with E-state index in [0.29, 0.717) is 12.1 Å². The molecular weight excluding hydrogens is 250 g/mol. The fourth-order valence-electron chi connectivity index (χ4n) is 0.896. The van der Waals surface area contributed by atoms with E-state index < -0.39 is 23.5 Å². The molecule has 0 saturated heterocycles. The first-order valence-electron chi connectivity index (χ1n) is 4.97. The van der Waals surface area contributed by atoms with Crippen LogP contribution in [-0.2, 0) is 6.18 Å². The van der Waals surface area contributed by atoms with Crippen molar-refractivity contribution in [3.05, 3.63) is 47.3 Å². The molecular formula is C12H13F4NO. The molecule has 2 N–H and O–H groups in total. The Morgan fingerprint density at radius 1 is 1.22 bits per heavy atom. The second-order valence-corrected chi connectivity index (χ2v) is 3.22. The van der Waals surface area contributed by atoms with Crippen molar-refractivity contribution in [1.29, 1.82) is 0 Å². The van der Waals surface area contributed by atoms with Crippen LogP contribution in [0.5, 0.6) is 0 Å². The maximum atomic E-state index is 12.7. The van der Waals surface area contributed by atoms with Crippen molar-refractivity contribution in [3.8, 4) is 0 Å². The molecule has 0 bridgehead atoms. The Kier molecular flexibility index (Phi) is 6.08. The van der Waals surface area contributed by atoms with Gasteiger partial charge in [0.1, 0.15) is 5.82 Å². The number of carbonyl (C=O) groups excluding carboxylic acids is 1. The van der Waals surface area contributed by atoms with Crippen molar-refractivity contribution in [2.24, 2.45) is 5.73 Å². The van der Waals surface area contributed by atoms with E-state index in [1.54, 1.807) is 0 Å². The van der Waals surface area contributed by atoms with Crippen LogP contribution in [0.25, 0.3) is 0 Å². The van der Waals surface area contributed by atoms with Crippen LogP contribution in [0, 0.1) is 5.82 Å². The van der Waals surface area contributed by atoms with Gasteiger partial charge < -0.3 is 5.73 Å². The van der Waals surface area contributed by atoms with Crippen molar-refractivity contribution in [3.63, 3.8) is 0 Å². The van der Waals surface area contributed by atoms with Gasteiger partial charge in [-0.2, -0.15) is 13.2 Å². The lowest BCUT2D eigenvalue weighted by Crippen LogP contribution is -2.14. The Bertz CT molecular complexity index is 434. The van der Waals surface area contributed by atoms with Gasteiger partial charge >= 0.3 is 6.18 Å². The van der Waals surface area contributed by atoms with Crippen molar-refractivity contribution >= 4 is 5.91 Å². The zero-order valence-corrected chi connectivity index (χ0v) is 9.88. The summed E-state index contributed by atoms with van der Waals surface area (Å²) in [5, 5.41) is 0. The standard InChI is InChI=1S/C8H5F4NO.C4H8/c9-6-2-1-4(7(13)14)3-5(6)8(10,11)12;1-3-4-2/h1-3H,(H2,13,14);3-4H,1-2H3. The molecule has 0 unspecified atom stereocenters. The zero-order chi connectivity index (χ0) is 14.3. The molecule has 1 rings (SSSR count). The Hall–Kier alpha value is -1.85. The van der Waals surface area contributed by atoms with Crippen molar-refractivity contribution < 1.29 is 22.4 Å². The summed E-state index contributed by atoms with van der Waals surface area (Å²) in [4.78, 5) is 10.5. The Labute approximate surface area is 102 Å². The van der Waals surface area contributed by atoms with E-state index in [-0.39, 0.29) is 5.56 Å². The first kappa shape index (κ1) is 16.1. The molecule has 0 spiro atoms. The van der Waals surface area contributed by atoms with E-state index in [0.717, 1.165) is 6.07 Å². The third-order valence-corrected chi connectivity index (χ3v) is 1.89. The van der Waals surface area contributed by atoms with Crippen LogP contribution in [0.1, 0.15) is 29.8 Å². The van der Waals surface area contributed by atoms with Crippen molar-refractivity contribution in [1.82, 2.24) is 0 Å². The van der Waals surface area contributed by atoms with Gasteiger partial charge in [-0.1, -0.05) is 12.2 Å². The van der Waals surface area contributed by atoms with Crippen LogP contribution < -0.4 is 5.73 Å². The SMILES string of the molecule is CC=CC.NC(=O)c1ccc(F)c(C(F)(F)F)c1. The highest BCUT2D eigenvalue weighted by molar-refractivity contribution is 5.92. The fourth-order valence-corrected chi connectivity index (χ4v) is 0.896. The van der Waals surface area contributed by atoms with Crippen LogP contribution in [0.4, 0.5) is 17.6 Å². The lowest BCUT2D eigenvalue weighted by Gasteiger charge is -2.08. The second kappa shape index (κ2) is 6.78.